The van der Waals surface area contributed by atoms with Crippen LogP contribution in [0.1, 0.15) is 12.5 Å². The number of carbonyl (C=O) groups excluding carboxylic acids is 1. The molecule has 1 saturated heterocycles. The number of aliphatic carboxylic acids is 1. The molecule has 2 aliphatic heterocycles. The molecule has 2 heterocycles. The summed E-state index contributed by atoms with van der Waals surface area (Å²) in [6.45, 7) is 1.47. The number of hydrogen-bond donors (Lipinski definition) is 1. The lowest BCUT2D eigenvalue weighted by Gasteiger charge is -2.23. The molecule has 24 heavy (non-hydrogen) atoms. The van der Waals surface area contributed by atoms with Gasteiger partial charge in [0.15, 0.2) is 0 Å². The topological polar surface area (TPSA) is 66.8 Å². The molecule has 1 aromatic carbocycles. The number of nitrogens with zero attached hydrogens (tertiary/aromatic N) is 1. The number of hydrogen-bond acceptors (Lipinski definition) is 5. The molecule has 2 aliphatic rings. The zero-order valence-corrected chi connectivity index (χ0v) is 15.7. The van der Waals surface area contributed by atoms with Crippen LogP contribution in [-0.2, 0) is 9.59 Å². The minimum Gasteiger partial charge on any atom is -0.485 e. The number of thiocarbonyl (C=S) groups is 1. The monoisotopic (exact) mass is 425 g/mol. The first-order chi connectivity index (χ1) is 11.3. The Labute approximate surface area is 156 Å². The van der Waals surface area contributed by atoms with Gasteiger partial charge in [0.1, 0.15) is 22.7 Å². The van der Waals surface area contributed by atoms with Gasteiger partial charge in [-0.05, 0) is 42.8 Å². The molecule has 8 heteroatoms. The quantitative estimate of drug-likeness (QED) is 0.590. The first-order valence-corrected chi connectivity index (χ1v) is 9.02. The van der Waals surface area contributed by atoms with Crippen molar-refractivity contribution in [3.63, 3.8) is 0 Å². The van der Waals surface area contributed by atoms with Crippen molar-refractivity contribution in [2.45, 2.75) is 13.0 Å². The number of benzene rings is 1. The lowest BCUT2D eigenvalue weighted by molar-refractivity contribution is -0.140. The molecular weight excluding hydrogens is 414 g/mol. The Morgan fingerprint density at radius 1 is 1.54 bits per heavy atom. The molecule has 0 radical (unpaired) electrons. The number of fused-ring (bicyclic) bond motifs is 1. The maximum atomic E-state index is 12.3. The Balaban J connectivity index is 1.92. The summed E-state index contributed by atoms with van der Waals surface area (Å²) in [4.78, 5) is 24.7. The van der Waals surface area contributed by atoms with Gasteiger partial charge in [0, 0.05) is 10.0 Å². The van der Waals surface area contributed by atoms with Gasteiger partial charge in [-0.1, -0.05) is 39.9 Å². The summed E-state index contributed by atoms with van der Waals surface area (Å²) in [5, 5.41) is 8.88. The Hall–Kier alpha value is -1.64. The third-order valence-corrected chi connectivity index (χ3v) is 5.40. The minimum absolute atomic E-state index is 0.221. The fourth-order valence-corrected chi connectivity index (χ4v) is 4.01. The third-order valence-electron chi connectivity index (χ3n) is 3.53. The number of ether oxygens (including phenoxy) is 1. The normalized spacial score (nSPS) is 21.6. The van der Waals surface area contributed by atoms with Gasteiger partial charge in [0.25, 0.3) is 5.91 Å². The first-order valence-electron chi connectivity index (χ1n) is 7.00. The van der Waals surface area contributed by atoms with E-state index in [9.17, 15) is 9.59 Å². The molecule has 0 spiro atoms. The Kier molecular flexibility index (Phi) is 4.80. The number of carbonyl (C=O) groups is 2. The molecule has 0 aromatic heterocycles. The average molecular weight is 426 g/mol. The zero-order chi connectivity index (χ0) is 17.4. The third kappa shape index (κ3) is 3.40. The summed E-state index contributed by atoms with van der Waals surface area (Å²) in [5.74, 6) is -0.707. The Morgan fingerprint density at radius 3 is 3.00 bits per heavy atom. The van der Waals surface area contributed by atoms with Gasteiger partial charge in [0.05, 0.1) is 4.91 Å². The highest BCUT2D eigenvalue weighted by molar-refractivity contribution is 9.10. The van der Waals surface area contributed by atoms with Crippen LogP contribution in [0.4, 0.5) is 0 Å². The molecule has 1 unspecified atom stereocenters. The second kappa shape index (κ2) is 6.70. The standard InChI is InChI=1S/C16H12BrNO4S2/c1-8-9(4-10-5-11(17)2-3-12(10)22-8)6-13-15(21)18(7-14(19)20)16(23)24-13/h2-6,8H,7H2,1H3,(H,19,20)/b13-6-. The van der Waals surface area contributed by atoms with Gasteiger partial charge in [-0.2, -0.15) is 0 Å². The van der Waals surface area contributed by atoms with Crippen molar-refractivity contribution in [3.8, 4) is 5.75 Å². The van der Waals surface area contributed by atoms with Gasteiger partial charge in [-0.15, -0.1) is 0 Å². The maximum Gasteiger partial charge on any atom is 0.323 e. The van der Waals surface area contributed by atoms with Crippen LogP contribution >= 0.6 is 39.9 Å². The van der Waals surface area contributed by atoms with Crippen LogP contribution < -0.4 is 4.74 Å². The molecule has 124 valence electrons. The van der Waals surface area contributed by atoms with Crippen molar-refractivity contribution < 1.29 is 19.4 Å². The van der Waals surface area contributed by atoms with Crippen LogP contribution in [0.15, 0.2) is 39.2 Å². The van der Waals surface area contributed by atoms with E-state index < -0.39 is 12.5 Å². The highest BCUT2D eigenvalue weighted by Gasteiger charge is 2.34. The number of halogens is 1. The van der Waals surface area contributed by atoms with E-state index >= 15 is 0 Å². The number of rotatable bonds is 3. The van der Waals surface area contributed by atoms with Crippen molar-refractivity contribution in [2.75, 3.05) is 6.54 Å². The second-order valence-electron chi connectivity index (χ2n) is 5.25. The first kappa shape index (κ1) is 17.2. The molecule has 1 N–H and O–H groups in total. The van der Waals surface area contributed by atoms with Crippen molar-refractivity contribution >= 4 is 62.2 Å². The molecule has 0 saturated carbocycles. The summed E-state index contributed by atoms with van der Waals surface area (Å²) >= 11 is 9.63. The van der Waals surface area contributed by atoms with E-state index in [0.717, 1.165) is 38.0 Å². The van der Waals surface area contributed by atoms with Crippen LogP contribution in [-0.4, -0.2) is 38.9 Å². The SMILES string of the molecule is CC1Oc2ccc(Br)cc2C=C1/C=C1\SC(=S)N(CC(=O)O)C1=O. The average Bonchev–Trinajstić information content (AvgIpc) is 2.76. The lowest BCUT2D eigenvalue weighted by Crippen LogP contribution is -2.33. The van der Waals surface area contributed by atoms with Crippen LogP contribution in [0, 0.1) is 0 Å². The van der Waals surface area contributed by atoms with Crippen molar-refractivity contribution in [1.29, 1.82) is 0 Å². The largest absolute Gasteiger partial charge is 0.485 e. The van der Waals surface area contributed by atoms with Gasteiger partial charge >= 0.3 is 5.97 Å². The van der Waals surface area contributed by atoms with Crippen LogP contribution in [0.2, 0.25) is 0 Å². The predicted octanol–water partition coefficient (Wildman–Crippen LogP) is 3.44. The molecular formula is C16H12BrNO4S2. The summed E-state index contributed by atoms with van der Waals surface area (Å²) in [6, 6.07) is 5.72. The molecule has 5 nitrogen and oxygen atoms in total. The van der Waals surface area contributed by atoms with E-state index in [1.165, 1.54) is 0 Å². The summed E-state index contributed by atoms with van der Waals surface area (Å²) < 4.78 is 7.05. The highest BCUT2D eigenvalue weighted by Crippen LogP contribution is 2.36. The molecule has 1 atom stereocenters. The number of amides is 1. The van der Waals surface area contributed by atoms with Crippen LogP contribution in [0.3, 0.4) is 0 Å². The van der Waals surface area contributed by atoms with E-state index in [1.54, 1.807) is 6.08 Å². The Morgan fingerprint density at radius 2 is 2.29 bits per heavy atom. The van der Waals surface area contributed by atoms with Gasteiger partial charge in [-0.25, -0.2) is 0 Å². The lowest BCUT2D eigenvalue weighted by atomic mass is 10.0. The maximum absolute atomic E-state index is 12.3. The molecule has 1 amide bonds. The predicted molar refractivity (Wildman–Crippen MR) is 99.8 cm³/mol. The molecule has 1 aromatic rings. The van der Waals surface area contributed by atoms with Crippen molar-refractivity contribution in [1.82, 2.24) is 4.90 Å². The Bertz CT molecular complexity index is 818. The molecule has 0 bridgehead atoms. The number of carboxylic acid groups (broad SMARTS) is 1. The minimum atomic E-state index is -1.10. The number of thioether (sulfide) groups is 1. The summed E-state index contributed by atoms with van der Waals surface area (Å²) in [5.41, 5.74) is 1.74. The fraction of sp³-hybridized carbons (Fsp3) is 0.188. The van der Waals surface area contributed by atoms with Crippen molar-refractivity contribution in [2.24, 2.45) is 0 Å². The zero-order valence-electron chi connectivity index (χ0n) is 12.5. The number of carboxylic acids is 1. The molecule has 0 aliphatic carbocycles. The van der Waals surface area contributed by atoms with Crippen molar-refractivity contribution in [3.05, 3.63) is 44.8 Å². The van der Waals surface area contributed by atoms with E-state index in [2.05, 4.69) is 15.9 Å². The summed E-state index contributed by atoms with van der Waals surface area (Å²) in [7, 11) is 0. The fourth-order valence-electron chi connectivity index (χ4n) is 2.38. The van der Waals surface area contributed by atoms with Gasteiger partial charge < -0.3 is 9.84 Å². The van der Waals surface area contributed by atoms with Crippen LogP contribution in [0.25, 0.3) is 6.08 Å². The van der Waals surface area contributed by atoms with Crippen LogP contribution in [0.5, 0.6) is 5.75 Å². The smallest absolute Gasteiger partial charge is 0.323 e. The highest BCUT2D eigenvalue weighted by atomic mass is 79.9. The van der Waals surface area contributed by atoms with E-state index in [0.29, 0.717) is 4.91 Å². The second-order valence-corrected chi connectivity index (χ2v) is 7.84. The molecule has 3 rings (SSSR count). The van der Waals surface area contributed by atoms with E-state index in [4.69, 9.17) is 22.1 Å². The summed E-state index contributed by atoms with van der Waals surface area (Å²) in [6.07, 6.45) is 3.45. The van der Waals surface area contributed by atoms with E-state index in [-0.39, 0.29) is 16.3 Å². The molecule has 1 fully saturated rings. The van der Waals surface area contributed by atoms with Gasteiger partial charge in [0.2, 0.25) is 0 Å². The van der Waals surface area contributed by atoms with E-state index in [1.807, 2.05) is 31.2 Å². The van der Waals surface area contributed by atoms with Gasteiger partial charge in [-0.3, -0.25) is 14.5 Å².